The molecule has 126 valence electrons. The third-order valence-corrected chi connectivity index (χ3v) is 3.86. The number of hydrogen-bond acceptors (Lipinski definition) is 2. The number of halogens is 3. The van der Waals surface area contributed by atoms with Gasteiger partial charge in [-0.05, 0) is 50.5 Å². The number of carbonyl (C=O) groups is 2. The topological polar surface area (TPSA) is 49.4 Å². The van der Waals surface area contributed by atoms with Crippen LogP contribution in [0.5, 0.6) is 0 Å². The fourth-order valence-electron chi connectivity index (χ4n) is 2.54. The van der Waals surface area contributed by atoms with Gasteiger partial charge in [0.2, 0.25) is 5.91 Å². The molecule has 23 heavy (non-hydrogen) atoms. The summed E-state index contributed by atoms with van der Waals surface area (Å²) in [6, 6.07) is 3.22. The van der Waals surface area contributed by atoms with E-state index >= 15 is 0 Å². The molecule has 2 amide bonds. The molecule has 1 aliphatic rings. The van der Waals surface area contributed by atoms with E-state index in [2.05, 4.69) is 5.32 Å². The number of piperidine rings is 1. The summed E-state index contributed by atoms with van der Waals surface area (Å²) in [5, 5.41) is 2.54. The Balaban J connectivity index is 1.96. The predicted molar refractivity (Wildman–Crippen MR) is 78.8 cm³/mol. The van der Waals surface area contributed by atoms with Gasteiger partial charge in [0.25, 0.3) is 5.91 Å². The molecule has 0 spiro atoms. The minimum atomic E-state index is -4.44. The average molecular weight is 328 g/mol. The van der Waals surface area contributed by atoms with E-state index in [4.69, 9.17) is 0 Å². The van der Waals surface area contributed by atoms with E-state index in [0.29, 0.717) is 13.1 Å². The molecule has 4 nitrogen and oxygen atoms in total. The molecule has 1 aromatic rings. The van der Waals surface area contributed by atoms with Gasteiger partial charge in [-0.3, -0.25) is 9.59 Å². The molecule has 0 radical (unpaired) electrons. The lowest BCUT2D eigenvalue weighted by Gasteiger charge is -2.29. The second kappa shape index (κ2) is 7.02. The van der Waals surface area contributed by atoms with Crippen LogP contribution in [0.4, 0.5) is 13.2 Å². The zero-order valence-corrected chi connectivity index (χ0v) is 12.8. The zero-order chi connectivity index (χ0) is 17.0. The third kappa shape index (κ3) is 4.46. The van der Waals surface area contributed by atoms with E-state index in [0.717, 1.165) is 43.5 Å². The molecule has 0 aliphatic carbocycles. The summed E-state index contributed by atoms with van der Waals surface area (Å²) in [5.74, 6) is -0.721. The Kier molecular flexibility index (Phi) is 5.28. The Morgan fingerprint density at radius 2 is 1.65 bits per heavy atom. The van der Waals surface area contributed by atoms with Crippen LogP contribution in [0.1, 0.15) is 42.1 Å². The lowest BCUT2D eigenvalue weighted by Crippen LogP contribution is -2.48. The van der Waals surface area contributed by atoms with Crippen molar-refractivity contribution in [1.29, 1.82) is 0 Å². The Hall–Kier alpha value is -2.05. The van der Waals surface area contributed by atoms with Gasteiger partial charge in [0.15, 0.2) is 0 Å². The number of benzene rings is 1. The van der Waals surface area contributed by atoms with Crippen molar-refractivity contribution in [1.82, 2.24) is 10.2 Å². The number of alkyl halides is 3. The number of nitrogens with one attached hydrogen (secondary N) is 1. The molecule has 1 fully saturated rings. The summed E-state index contributed by atoms with van der Waals surface area (Å²) in [6.45, 7) is 2.94. The van der Waals surface area contributed by atoms with E-state index < -0.39 is 23.7 Å². The molecule has 7 heteroatoms. The maximum absolute atomic E-state index is 12.5. The summed E-state index contributed by atoms with van der Waals surface area (Å²) < 4.78 is 37.5. The molecule has 1 aliphatic heterocycles. The van der Waals surface area contributed by atoms with Gasteiger partial charge in [0, 0.05) is 18.7 Å². The molecule has 0 bridgehead atoms. The van der Waals surface area contributed by atoms with Crippen molar-refractivity contribution in [2.24, 2.45) is 0 Å². The predicted octanol–water partition coefficient (Wildman–Crippen LogP) is 2.84. The van der Waals surface area contributed by atoms with Crippen molar-refractivity contribution in [3.05, 3.63) is 35.4 Å². The van der Waals surface area contributed by atoms with Gasteiger partial charge in [-0.1, -0.05) is 0 Å². The maximum Gasteiger partial charge on any atom is 0.416 e. The van der Waals surface area contributed by atoms with E-state index in [1.807, 2.05) is 0 Å². The van der Waals surface area contributed by atoms with Gasteiger partial charge in [-0.15, -0.1) is 0 Å². The highest BCUT2D eigenvalue weighted by atomic mass is 19.4. The first kappa shape index (κ1) is 17.3. The van der Waals surface area contributed by atoms with E-state index in [9.17, 15) is 22.8 Å². The van der Waals surface area contributed by atoms with Crippen molar-refractivity contribution in [2.75, 3.05) is 13.1 Å². The highest BCUT2D eigenvalue weighted by Crippen LogP contribution is 2.29. The quantitative estimate of drug-likeness (QED) is 0.927. The summed E-state index contributed by atoms with van der Waals surface area (Å²) >= 11 is 0. The first-order valence-electron chi connectivity index (χ1n) is 7.56. The number of rotatable bonds is 3. The monoisotopic (exact) mass is 328 g/mol. The van der Waals surface area contributed by atoms with Crippen molar-refractivity contribution < 1.29 is 22.8 Å². The fourth-order valence-corrected chi connectivity index (χ4v) is 2.54. The van der Waals surface area contributed by atoms with Gasteiger partial charge in [-0.2, -0.15) is 13.2 Å². The van der Waals surface area contributed by atoms with Crippen LogP contribution in [0.15, 0.2) is 24.3 Å². The number of hydrogen-bond donors (Lipinski definition) is 1. The van der Waals surface area contributed by atoms with Gasteiger partial charge in [0.05, 0.1) is 5.56 Å². The van der Waals surface area contributed by atoms with Gasteiger partial charge in [-0.25, -0.2) is 0 Å². The smallest absolute Gasteiger partial charge is 0.341 e. The molecule has 1 atom stereocenters. The van der Waals surface area contributed by atoms with E-state index in [1.165, 1.54) is 0 Å². The molecule has 2 rings (SSSR count). The first-order chi connectivity index (χ1) is 10.8. The molecule has 1 aromatic carbocycles. The number of nitrogens with zero attached hydrogens (tertiary/aromatic N) is 1. The Morgan fingerprint density at radius 3 is 2.17 bits per heavy atom. The minimum absolute atomic E-state index is 0.0938. The van der Waals surface area contributed by atoms with E-state index in [1.54, 1.807) is 11.8 Å². The Bertz CT molecular complexity index is 564. The highest BCUT2D eigenvalue weighted by Gasteiger charge is 2.30. The summed E-state index contributed by atoms with van der Waals surface area (Å²) in [5.41, 5.74) is -0.720. The van der Waals surface area contributed by atoms with Gasteiger partial charge < -0.3 is 10.2 Å². The molecule has 0 saturated carbocycles. The number of likely N-dealkylation sites (tertiary alicyclic amines) is 1. The van der Waals surface area contributed by atoms with Crippen LogP contribution in [-0.2, 0) is 11.0 Å². The van der Waals surface area contributed by atoms with Crippen LogP contribution in [-0.4, -0.2) is 35.8 Å². The van der Waals surface area contributed by atoms with Crippen LogP contribution in [0.2, 0.25) is 0 Å². The second-order valence-corrected chi connectivity index (χ2v) is 5.66. The molecule has 1 heterocycles. The standard InChI is InChI=1S/C16H19F3N2O2/c1-11(15(23)21-9-3-2-4-10-21)20-14(22)12-5-7-13(8-6-12)16(17,18)19/h5-8,11H,2-4,9-10H2,1H3,(H,20,22)/t11-/m0/s1. The summed E-state index contributed by atoms with van der Waals surface area (Å²) in [4.78, 5) is 26.0. The lowest BCUT2D eigenvalue weighted by atomic mass is 10.1. The zero-order valence-electron chi connectivity index (χ0n) is 12.8. The lowest BCUT2D eigenvalue weighted by molar-refractivity contribution is -0.137. The van der Waals surface area contributed by atoms with Crippen LogP contribution >= 0.6 is 0 Å². The average Bonchev–Trinajstić information content (AvgIpc) is 2.54. The Morgan fingerprint density at radius 1 is 1.09 bits per heavy atom. The molecule has 0 aromatic heterocycles. The molecule has 1 N–H and O–H groups in total. The molecular formula is C16H19F3N2O2. The van der Waals surface area contributed by atoms with Crippen LogP contribution < -0.4 is 5.32 Å². The number of carbonyl (C=O) groups excluding carboxylic acids is 2. The second-order valence-electron chi connectivity index (χ2n) is 5.66. The largest absolute Gasteiger partial charge is 0.416 e. The van der Waals surface area contributed by atoms with Gasteiger partial charge in [0.1, 0.15) is 6.04 Å². The first-order valence-corrected chi connectivity index (χ1v) is 7.56. The van der Waals surface area contributed by atoms with Crippen molar-refractivity contribution in [3.63, 3.8) is 0 Å². The number of amides is 2. The highest BCUT2D eigenvalue weighted by molar-refractivity contribution is 5.97. The van der Waals surface area contributed by atoms with Crippen molar-refractivity contribution in [3.8, 4) is 0 Å². The normalized spacial score (nSPS) is 16.8. The third-order valence-electron chi connectivity index (χ3n) is 3.86. The van der Waals surface area contributed by atoms with Crippen LogP contribution in [0, 0.1) is 0 Å². The Labute approximate surface area is 132 Å². The van der Waals surface area contributed by atoms with E-state index in [-0.39, 0.29) is 11.5 Å². The molecule has 1 saturated heterocycles. The maximum atomic E-state index is 12.5. The summed E-state index contributed by atoms with van der Waals surface area (Å²) in [6.07, 6.45) is -1.45. The van der Waals surface area contributed by atoms with Crippen LogP contribution in [0.3, 0.4) is 0 Å². The van der Waals surface area contributed by atoms with Crippen molar-refractivity contribution >= 4 is 11.8 Å². The minimum Gasteiger partial charge on any atom is -0.341 e. The van der Waals surface area contributed by atoms with Gasteiger partial charge >= 0.3 is 6.18 Å². The molecular weight excluding hydrogens is 309 g/mol. The summed E-state index contributed by atoms with van der Waals surface area (Å²) in [7, 11) is 0. The molecule has 0 unspecified atom stereocenters. The fraction of sp³-hybridized carbons (Fsp3) is 0.500. The SMILES string of the molecule is C[C@H](NC(=O)c1ccc(C(F)(F)F)cc1)C(=O)N1CCCCC1. The van der Waals surface area contributed by atoms with Crippen LogP contribution in [0.25, 0.3) is 0 Å². The van der Waals surface area contributed by atoms with Crippen molar-refractivity contribution in [2.45, 2.75) is 38.4 Å².